The van der Waals surface area contributed by atoms with Crippen molar-refractivity contribution in [2.24, 2.45) is 0 Å². The molecule has 0 unspecified atom stereocenters. The molecule has 1 aromatic carbocycles. The molecule has 6 heteroatoms. The molecule has 3 aromatic heterocycles. The summed E-state index contributed by atoms with van der Waals surface area (Å²) in [5.74, 6) is 0.891. The third kappa shape index (κ3) is 3.33. The number of nitrogens with one attached hydrogen (secondary N) is 1. The van der Waals surface area contributed by atoms with Gasteiger partial charge in [-0.25, -0.2) is 4.98 Å². The monoisotopic (exact) mass is 360 g/mol. The van der Waals surface area contributed by atoms with Gasteiger partial charge in [-0.05, 0) is 24.3 Å². The highest BCUT2D eigenvalue weighted by Crippen LogP contribution is 2.25. The maximum absolute atomic E-state index is 12.6. The van der Waals surface area contributed by atoms with Gasteiger partial charge >= 0.3 is 0 Å². The molecule has 0 radical (unpaired) electrons. The fourth-order valence-electron chi connectivity index (χ4n) is 2.84. The van der Waals surface area contributed by atoms with Gasteiger partial charge in [0, 0.05) is 28.8 Å². The average Bonchev–Trinajstić information content (AvgIpc) is 3.28. The molecule has 1 amide bonds. The molecule has 0 saturated heterocycles. The number of hydrogen-bond donors (Lipinski definition) is 1. The lowest BCUT2D eigenvalue weighted by molar-refractivity contribution is 0.102. The van der Waals surface area contributed by atoms with Crippen LogP contribution in [0, 0.1) is 0 Å². The number of amides is 1. The largest absolute Gasteiger partial charge is 0.359 e. The van der Waals surface area contributed by atoms with E-state index in [2.05, 4.69) is 15.5 Å². The summed E-state index contributed by atoms with van der Waals surface area (Å²) in [4.78, 5) is 17.0. The number of rotatable bonds is 3. The van der Waals surface area contributed by atoms with Crippen LogP contribution in [0.4, 0.5) is 5.82 Å². The van der Waals surface area contributed by atoms with Gasteiger partial charge in [-0.15, -0.1) is 0 Å². The molecule has 0 spiro atoms. The number of hydrogen-bond acceptors (Lipinski definition) is 4. The number of carbonyl (C=O) groups excluding carboxylic acids is 1. The summed E-state index contributed by atoms with van der Waals surface area (Å²) in [7, 11) is 0. The van der Waals surface area contributed by atoms with Crippen molar-refractivity contribution in [3.05, 3.63) is 72.2 Å². The molecule has 0 atom stereocenters. The highest BCUT2D eigenvalue weighted by Gasteiger charge is 2.20. The lowest BCUT2D eigenvalue weighted by Crippen LogP contribution is -2.12. The molecule has 6 nitrogen and oxygen atoms in total. The third-order valence-electron chi connectivity index (χ3n) is 4.33. The average molecular weight is 360 g/mol. The maximum atomic E-state index is 12.6. The molecule has 0 aliphatic rings. The Morgan fingerprint density at radius 2 is 1.96 bits per heavy atom. The number of carbonyl (C=O) groups is 1. The van der Waals surface area contributed by atoms with Gasteiger partial charge in [-0.3, -0.25) is 9.20 Å². The molecule has 0 bridgehead atoms. The molecular weight excluding hydrogens is 340 g/mol. The van der Waals surface area contributed by atoms with Crippen LogP contribution in [0.15, 0.2) is 65.4 Å². The summed E-state index contributed by atoms with van der Waals surface area (Å²) < 4.78 is 7.31. The lowest BCUT2D eigenvalue weighted by Gasteiger charge is -2.12. The molecule has 136 valence electrons. The number of aromatic nitrogens is 3. The second-order valence-electron chi connectivity index (χ2n) is 7.43. The topological polar surface area (TPSA) is 72.4 Å². The van der Waals surface area contributed by atoms with Gasteiger partial charge in [0.05, 0.1) is 11.9 Å². The minimum Gasteiger partial charge on any atom is -0.359 e. The molecule has 1 N–H and O–H groups in total. The first-order valence-electron chi connectivity index (χ1n) is 8.73. The van der Waals surface area contributed by atoms with Crippen molar-refractivity contribution in [2.75, 3.05) is 5.32 Å². The van der Waals surface area contributed by atoms with E-state index in [0.29, 0.717) is 11.4 Å². The van der Waals surface area contributed by atoms with E-state index in [1.165, 1.54) is 0 Å². The van der Waals surface area contributed by atoms with Crippen molar-refractivity contribution in [1.82, 2.24) is 14.5 Å². The number of benzene rings is 1. The second-order valence-corrected chi connectivity index (χ2v) is 7.43. The maximum Gasteiger partial charge on any atom is 0.256 e. The first-order valence-corrected chi connectivity index (χ1v) is 8.73. The minimum absolute atomic E-state index is 0.168. The SMILES string of the molecule is CC(C)(C)c1cc(NC(=O)c2cccc(-c3cnc4ccccn34)c2)no1. The Balaban J connectivity index is 1.60. The first-order chi connectivity index (χ1) is 12.9. The molecule has 27 heavy (non-hydrogen) atoms. The summed E-state index contributed by atoms with van der Waals surface area (Å²) in [6.07, 6.45) is 3.76. The normalized spacial score (nSPS) is 11.7. The van der Waals surface area contributed by atoms with Crippen molar-refractivity contribution < 1.29 is 9.32 Å². The second kappa shape index (κ2) is 6.39. The highest BCUT2D eigenvalue weighted by atomic mass is 16.5. The first kappa shape index (κ1) is 17.0. The van der Waals surface area contributed by atoms with Gasteiger partial charge in [0.2, 0.25) is 0 Å². The predicted molar refractivity (Wildman–Crippen MR) is 104 cm³/mol. The molecule has 0 fully saturated rings. The zero-order valence-corrected chi connectivity index (χ0v) is 15.4. The Labute approximate surface area is 156 Å². The van der Waals surface area contributed by atoms with Crippen molar-refractivity contribution in [1.29, 1.82) is 0 Å². The van der Waals surface area contributed by atoms with Crippen LogP contribution in [0.3, 0.4) is 0 Å². The van der Waals surface area contributed by atoms with Gasteiger partial charge in [-0.1, -0.05) is 44.1 Å². The van der Waals surface area contributed by atoms with E-state index in [4.69, 9.17) is 4.52 Å². The molecule has 4 rings (SSSR count). The molecule has 0 aliphatic heterocycles. The Kier molecular flexibility index (Phi) is 4.03. The van der Waals surface area contributed by atoms with Crippen LogP contribution in [-0.2, 0) is 5.41 Å². The van der Waals surface area contributed by atoms with Gasteiger partial charge in [0.1, 0.15) is 11.4 Å². The van der Waals surface area contributed by atoms with Crippen molar-refractivity contribution in [2.45, 2.75) is 26.2 Å². The lowest BCUT2D eigenvalue weighted by atomic mass is 9.93. The summed E-state index contributed by atoms with van der Waals surface area (Å²) in [5, 5.41) is 6.73. The Morgan fingerprint density at radius 3 is 2.74 bits per heavy atom. The van der Waals surface area contributed by atoms with E-state index in [1.54, 1.807) is 18.3 Å². The van der Waals surface area contributed by atoms with E-state index in [9.17, 15) is 4.79 Å². The molecule has 0 saturated carbocycles. The number of nitrogens with zero attached hydrogens (tertiary/aromatic N) is 3. The van der Waals surface area contributed by atoms with E-state index in [1.807, 2.05) is 67.8 Å². The van der Waals surface area contributed by atoms with Crippen LogP contribution < -0.4 is 5.32 Å². The van der Waals surface area contributed by atoms with Crippen LogP contribution in [0.1, 0.15) is 36.9 Å². The summed E-state index contributed by atoms with van der Waals surface area (Å²) >= 11 is 0. The van der Waals surface area contributed by atoms with Crippen molar-refractivity contribution in [3.8, 4) is 11.3 Å². The molecule has 4 aromatic rings. The van der Waals surface area contributed by atoms with Gasteiger partial charge in [0.15, 0.2) is 5.82 Å². The molecular formula is C21H20N4O2. The van der Waals surface area contributed by atoms with Crippen molar-refractivity contribution >= 4 is 17.4 Å². The summed E-state index contributed by atoms with van der Waals surface area (Å²) in [6.45, 7) is 6.08. The summed E-state index contributed by atoms with van der Waals surface area (Å²) in [6, 6.07) is 15.0. The Bertz CT molecular complexity index is 1120. The summed E-state index contributed by atoms with van der Waals surface area (Å²) in [5.41, 5.74) is 3.07. The van der Waals surface area contributed by atoms with E-state index < -0.39 is 0 Å². The standard InChI is InChI=1S/C21H20N4O2/c1-21(2,3)17-12-18(24-27-17)23-20(26)15-8-6-7-14(11-15)16-13-22-19-9-4-5-10-25(16)19/h4-13H,1-3H3,(H,23,24,26). The molecule has 0 aliphatic carbocycles. The van der Waals surface area contributed by atoms with Gasteiger partial charge < -0.3 is 9.84 Å². The number of fused-ring (bicyclic) bond motifs is 1. The predicted octanol–water partition coefficient (Wildman–Crippen LogP) is 4.54. The highest BCUT2D eigenvalue weighted by molar-refractivity contribution is 6.04. The van der Waals surface area contributed by atoms with E-state index >= 15 is 0 Å². The van der Waals surface area contributed by atoms with Crippen molar-refractivity contribution in [3.63, 3.8) is 0 Å². The van der Waals surface area contributed by atoms with Crippen LogP contribution in [-0.4, -0.2) is 20.4 Å². The van der Waals surface area contributed by atoms with Gasteiger partial charge in [0.25, 0.3) is 5.91 Å². The Morgan fingerprint density at radius 1 is 1.11 bits per heavy atom. The van der Waals surface area contributed by atoms with Gasteiger partial charge in [-0.2, -0.15) is 0 Å². The van der Waals surface area contributed by atoms with E-state index in [-0.39, 0.29) is 11.3 Å². The van der Waals surface area contributed by atoms with Crippen LogP contribution in [0.2, 0.25) is 0 Å². The quantitative estimate of drug-likeness (QED) is 0.582. The number of imidazole rings is 1. The number of pyridine rings is 1. The minimum atomic E-state index is -0.237. The van der Waals surface area contributed by atoms with Crippen LogP contribution >= 0.6 is 0 Å². The smallest absolute Gasteiger partial charge is 0.256 e. The van der Waals surface area contributed by atoms with E-state index in [0.717, 1.165) is 22.7 Å². The molecule has 3 heterocycles. The number of anilines is 1. The third-order valence-corrected chi connectivity index (χ3v) is 4.33. The zero-order chi connectivity index (χ0) is 19.0. The van der Waals surface area contributed by atoms with Crippen LogP contribution in [0.5, 0.6) is 0 Å². The Hall–Kier alpha value is -3.41. The van der Waals surface area contributed by atoms with Crippen LogP contribution in [0.25, 0.3) is 16.9 Å². The fourth-order valence-corrected chi connectivity index (χ4v) is 2.84. The zero-order valence-electron chi connectivity index (χ0n) is 15.4. The fraction of sp³-hybridized carbons (Fsp3) is 0.190.